The summed E-state index contributed by atoms with van der Waals surface area (Å²) in [5, 5.41) is 0. The van der Waals surface area contributed by atoms with Gasteiger partial charge in [-0.2, -0.15) is 0 Å². The van der Waals surface area contributed by atoms with E-state index in [0.717, 1.165) is 17.9 Å². The molecule has 0 aliphatic heterocycles. The number of ether oxygens (including phenoxy) is 2. The number of benzene rings is 3. The molecule has 2 atom stereocenters. The lowest BCUT2D eigenvalue weighted by Crippen LogP contribution is -2.42. The molecule has 256 valence electrons. The second-order valence-corrected chi connectivity index (χ2v) is 18.9. The van der Waals surface area contributed by atoms with Crippen molar-refractivity contribution in [2.75, 3.05) is 24.7 Å². The van der Waals surface area contributed by atoms with Crippen molar-refractivity contribution in [2.45, 2.75) is 101 Å². The highest BCUT2D eigenvalue weighted by atomic mass is 32.2. The zero-order valence-electron chi connectivity index (χ0n) is 29.5. The molecule has 2 aliphatic carbocycles. The summed E-state index contributed by atoms with van der Waals surface area (Å²) in [6.07, 6.45) is 1.88. The maximum atomic E-state index is 11.8. The normalized spacial score (nSPS) is 20.5. The fourth-order valence-electron chi connectivity index (χ4n) is 6.74. The molecule has 2 bridgehead atoms. The molecule has 3 aromatic rings. The van der Waals surface area contributed by atoms with Crippen LogP contribution in [-0.4, -0.2) is 49.8 Å². The van der Waals surface area contributed by atoms with Crippen LogP contribution >= 0.6 is 0 Å². The molecule has 0 N–H and O–H groups in total. The topological polar surface area (TPSA) is 96.0 Å². The number of hydrogen-bond donors (Lipinski definition) is 0. The van der Waals surface area contributed by atoms with Crippen LogP contribution in [0.25, 0.3) is 0 Å². The zero-order valence-corrected chi connectivity index (χ0v) is 31.2. The Hall–Kier alpha value is -3.01. The number of Topliss-reactive ketones (excluding diaryl/α,β-unsaturated/α-hetero) is 1. The second-order valence-electron chi connectivity index (χ2n) is 15.4. The monoisotopic (exact) mass is 681 g/mol. The largest absolute Gasteiger partial charge is 0.748 e. The summed E-state index contributed by atoms with van der Waals surface area (Å²) in [4.78, 5) is 17.7. The molecule has 0 amide bonds. The summed E-state index contributed by atoms with van der Waals surface area (Å²) in [6, 6.07) is 25.8. The van der Waals surface area contributed by atoms with Crippen molar-refractivity contribution in [3.05, 3.63) is 72.8 Å². The van der Waals surface area contributed by atoms with Gasteiger partial charge in [0.15, 0.2) is 14.7 Å². The van der Waals surface area contributed by atoms with E-state index < -0.39 is 21.3 Å². The first-order valence-corrected chi connectivity index (χ1v) is 19.0. The maximum absolute atomic E-state index is 11.8. The Bertz CT molecular complexity index is 1610. The predicted octanol–water partition coefficient (Wildman–Crippen LogP) is 8.13. The lowest BCUT2D eigenvalue weighted by Gasteiger charge is -2.37. The standard InChI is InChI=1S/C28H36NO2S.C10H16O4S/c1-27(2,3)30-22-11-9-13-25(19-22)32(24-17-15-21(16-18-24)29(7)8)26-14-10-12-23(20-26)31-28(4,5)6;1-9(2)7-3-4-10(9,8(11)5-7)6-15(12,13)14/h9-20H,1-8H3;7H,3-6H2,1-2H3,(H,12,13,14)/q+1;/p-1. The molecule has 5 rings (SSSR count). The van der Waals surface area contributed by atoms with Gasteiger partial charge < -0.3 is 18.9 Å². The molecule has 0 radical (unpaired) electrons. The Balaban J connectivity index is 0.000000277. The third-order valence-corrected chi connectivity index (χ3v) is 12.1. The Kier molecular flexibility index (Phi) is 10.6. The first kappa shape index (κ1) is 36.8. The van der Waals surface area contributed by atoms with Gasteiger partial charge in [0.1, 0.15) is 28.5 Å². The first-order chi connectivity index (χ1) is 21.6. The molecule has 2 unspecified atom stereocenters. The summed E-state index contributed by atoms with van der Waals surface area (Å²) in [7, 11) is -0.488. The van der Waals surface area contributed by atoms with Crippen LogP contribution in [0.15, 0.2) is 87.5 Å². The van der Waals surface area contributed by atoms with Gasteiger partial charge in [-0.05, 0) is 114 Å². The molecule has 47 heavy (non-hydrogen) atoms. The number of fused-ring (bicyclic) bond motifs is 2. The van der Waals surface area contributed by atoms with Crippen LogP contribution in [0, 0.1) is 16.7 Å². The van der Waals surface area contributed by atoms with E-state index >= 15 is 0 Å². The lowest BCUT2D eigenvalue weighted by molar-refractivity contribution is -0.128. The maximum Gasteiger partial charge on any atom is 0.170 e. The summed E-state index contributed by atoms with van der Waals surface area (Å²) in [5.41, 5.74) is -0.525. The van der Waals surface area contributed by atoms with E-state index in [1.165, 1.54) is 20.4 Å². The van der Waals surface area contributed by atoms with Crippen molar-refractivity contribution in [1.82, 2.24) is 0 Å². The first-order valence-electron chi connectivity index (χ1n) is 16.2. The highest BCUT2D eigenvalue weighted by Gasteiger charge is 2.64. The number of carbonyl (C=O) groups is 1. The smallest absolute Gasteiger partial charge is 0.170 e. The SMILES string of the molecule is CC1(C)C2CCC1(CS(=O)(=O)[O-])C(=O)C2.CN(C)c1ccc([S+](c2cccc(OC(C)(C)C)c2)c2cccc(OC(C)(C)C)c2)cc1. The van der Waals surface area contributed by atoms with E-state index in [-0.39, 0.29) is 39.2 Å². The quantitative estimate of drug-likeness (QED) is 0.175. The third kappa shape index (κ3) is 8.92. The summed E-state index contributed by atoms with van der Waals surface area (Å²) in [6.45, 7) is 16.3. The zero-order chi connectivity index (χ0) is 35.0. The average molecular weight is 682 g/mol. The molecule has 0 aromatic heterocycles. The molecule has 7 nitrogen and oxygen atoms in total. The number of nitrogens with zero attached hydrogens (tertiary/aromatic N) is 1. The van der Waals surface area contributed by atoms with Crippen LogP contribution in [0.1, 0.15) is 74.7 Å². The van der Waals surface area contributed by atoms with Gasteiger partial charge >= 0.3 is 0 Å². The van der Waals surface area contributed by atoms with Crippen LogP contribution < -0.4 is 14.4 Å². The van der Waals surface area contributed by atoms with Gasteiger partial charge in [0.05, 0.1) is 26.8 Å². The minimum Gasteiger partial charge on any atom is -0.748 e. The van der Waals surface area contributed by atoms with E-state index in [1.54, 1.807) is 0 Å². The molecule has 2 fully saturated rings. The van der Waals surface area contributed by atoms with Crippen LogP contribution in [0.3, 0.4) is 0 Å². The molecule has 2 saturated carbocycles. The highest BCUT2D eigenvalue weighted by Crippen LogP contribution is 2.64. The Morgan fingerprint density at radius 3 is 1.68 bits per heavy atom. The molecule has 0 spiro atoms. The molecule has 0 saturated heterocycles. The molecular formula is C38H51NO6S2. The van der Waals surface area contributed by atoms with Crippen LogP contribution in [0.2, 0.25) is 0 Å². The minimum atomic E-state index is -4.33. The van der Waals surface area contributed by atoms with E-state index in [9.17, 15) is 17.8 Å². The van der Waals surface area contributed by atoms with Crippen molar-refractivity contribution in [2.24, 2.45) is 16.7 Å². The van der Waals surface area contributed by atoms with Gasteiger partial charge in [-0.1, -0.05) is 26.0 Å². The van der Waals surface area contributed by atoms with Gasteiger partial charge in [-0.3, -0.25) is 4.79 Å². The van der Waals surface area contributed by atoms with Gasteiger partial charge in [0, 0.05) is 43.8 Å². The van der Waals surface area contributed by atoms with Crippen molar-refractivity contribution in [3.63, 3.8) is 0 Å². The summed E-state index contributed by atoms with van der Waals surface area (Å²) >= 11 is 0. The predicted molar refractivity (Wildman–Crippen MR) is 190 cm³/mol. The fraction of sp³-hybridized carbons (Fsp3) is 0.500. The van der Waals surface area contributed by atoms with Crippen LogP contribution in [0.4, 0.5) is 5.69 Å². The molecule has 0 heterocycles. The number of carbonyl (C=O) groups excluding carboxylic acids is 1. The van der Waals surface area contributed by atoms with Crippen LogP contribution in [0.5, 0.6) is 11.5 Å². The number of ketones is 1. The minimum absolute atomic E-state index is 0.0248. The summed E-state index contributed by atoms with van der Waals surface area (Å²) < 4.78 is 45.0. The van der Waals surface area contributed by atoms with E-state index in [1.807, 2.05) is 26.0 Å². The number of anilines is 1. The summed E-state index contributed by atoms with van der Waals surface area (Å²) in [5.74, 6) is 1.50. The molecular weight excluding hydrogens is 631 g/mol. The molecule has 9 heteroatoms. The third-order valence-electron chi connectivity index (χ3n) is 9.08. The van der Waals surface area contributed by atoms with Crippen molar-refractivity contribution < 1.29 is 27.2 Å². The Morgan fingerprint density at radius 2 is 1.32 bits per heavy atom. The Morgan fingerprint density at radius 1 is 0.830 bits per heavy atom. The van der Waals surface area contributed by atoms with Crippen molar-refractivity contribution >= 4 is 32.5 Å². The van der Waals surface area contributed by atoms with Gasteiger partial charge in [0.2, 0.25) is 0 Å². The van der Waals surface area contributed by atoms with Gasteiger partial charge in [-0.25, -0.2) is 8.42 Å². The number of rotatable bonds is 8. The molecule has 2 aliphatic rings. The highest BCUT2D eigenvalue weighted by molar-refractivity contribution is 7.97. The van der Waals surface area contributed by atoms with Gasteiger partial charge in [0.25, 0.3) is 0 Å². The van der Waals surface area contributed by atoms with E-state index in [0.29, 0.717) is 12.8 Å². The Labute approximate surface area is 285 Å². The van der Waals surface area contributed by atoms with E-state index in [2.05, 4.69) is 121 Å². The second kappa shape index (κ2) is 13.5. The average Bonchev–Trinajstić information content (AvgIpc) is 3.26. The lowest BCUT2D eigenvalue weighted by atomic mass is 9.70. The number of hydrogen-bond acceptors (Lipinski definition) is 7. The van der Waals surface area contributed by atoms with Crippen molar-refractivity contribution in [1.29, 1.82) is 0 Å². The fourth-order valence-corrected chi connectivity index (χ4v) is 10.1. The van der Waals surface area contributed by atoms with Crippen molar-refractivity contribution in [3.8, 4) is 11.5 Å². The molecule has 3 aromatic carbocycles. The van der Waals surface area contributed by atoms with E-state index in [4.69, 9.17) is 9.47 Å². The van der Waals surface area contributed by atoms with Crippen LogP contribution in [-0.2, 0) is 25.8 Å². The van der Waals surface area contributed by atoms with Gasteiger partial charge in [-0.15, -0.1) is 0 Å².